The highest BCUT2D eigenvalue weighted by Gasteiger charge is 1.98. The molecule has 6 nitrogen and oxygen atoms in total. The van der Waals surface area contributed by atoms with Crippen LogP contribution in [0.3, 0.4) is 0 Å². The number of hydrogen-bond donors (Lipinski definition) is 2. The second kappa shape index (κ2) is 5.95. The van der Waals surface area contributed by atoms with E-state index < -0.39 is 0 Å². The van der Waals surface area contributed by atoms with Gasteiger partial charge in [0.25, 0.3) is 0 Å². The summed E-state index contributed by atoms with van der Waals surface area (Å²) in [5, 5.41) is 9.89. The number of rotatable bonds is 6. The van der Waals surface area contributed by atoms with Crippen molar-refractivity contribution in [3.8, 4) is 5.88 Å². The van der Waals surface area contributed by atoms with Crippen LogP contribution in [-0.4, -0.2) is 33.8 Å². The van der Waals surface area contributed by atoms with Crippen LogP contribution in [0, 0.1) is 0 Å². The number of methoxy groups -OCH3 is 1. The van der Waals surface area contributed by atoms with E-state index in [-0.39, 0.29) is 0 Å². The van der Waals surface area contributed by atoms with E-state index >= 15 is 0 Å². The van der Waals surface area contributed by atoms with Gasteiger partial charge in [0.1, 0.15) is 12.2 Å². The zero-order valence-corrected chi connectivity index (χ0v) is 9.68. The molecule has 0 aromatic carbocycles. The molecule has 0 saturated heterocycles. The van der Waals surface area contributed by atoms with Gasteiger partial charge in [0.15, 0.2) is 0 Å². The number of pyridine rings is 1. The average Bonchev–Trinajstić information content (AvgIpc) is 2.88. The lowest BCUT2D eigenvalue weighted by atomic mass is 10.3. The third-order valence-electron chi connectivity index (χ3n) is 2.30. The van der Waals surface area contributed by atoms with Crippen LogP contribution in [0.2, 0.25) is 0 Å². The maximum atomic E-state index is 5.06. The van der Waals surface area contributed by atoms with Crippen LogP contribution in [0.15, 0.2) is 24.5 Å². The van der Waals surface area contributed by atoms with Gasteiger partial charge in [-0.1, -0.05) is 6.07 Å². The molecule has 6 heteroatoms. The number of aromatic amines is 1. The third kappa shape index (κ3) is 3.53. The van der Waals surface area contributed by atoms with Crippen LogP contribution in [0.1, 0.15) is 11.5 Å². The first-order valence-electron chi connectivity index (χ1n) is 5.43. The van der Waals surface area contributed by atoms with Gasteiger partial charge in [-0.15, -0.1) is 0 Å². The largest absolute Gasteiger partial charge is 0.481 e. The normalized spacial score (nSPS) is 10.4. The number of hydrogen-bond acceptors (Lipinski definition) is 5. The summed E-state index contributed by atoms with van der Waals surface area (Å²) in [6, 6.07) is 5.72. The zero-order chi connectivity index (χ0) is 11.9. The summed E-state index contributed by atoms with van der Waals surface area (Å²) in [6.07, 6.45) is 2.34. The van der Waals surface area contributed by atoms with Gasteiger partial charge >= 0.3 is 0 Å². The fraction of sp³-hybridized carbons (Fsp3) is 0.364. The zero-order valence-electron chi connectivity index (χ0n) is 9.68. The van der Waals surface area contributed by atoms with Crippen molar-refractivity contribution in [2.75, 3.05) is 13.7 Å². The Labute approximate surface area is 99.4 Å². The van der Waals surface area contributed by atoms with E-state index in [9.17, 15) is 0 Å². The van der Waals surface area contributed by atoms with Gasteiger partial charge in [-0.3, -0.25) is 5.10 Å². The predicted molar refractivity (Wildman–Crippen MR) is 62.6 cm³/mol. The van der Waals surface area contributed by atoms with Gasteiger partial charge in [-0.2, -0.15) is 5.10 Å². The summed E-state index contributed by atoms with van der Waals surface area (Å²) in [5.74, 6) is 1.52. The molecule has 0 aliphatic rings. The van der Waals surface area contributed by atoms with E-state index in [0.717, 1.165) is 24.5 Å². The SMILES string of the molecule is COc1cccc(CNCCc2ncn[nH]2)n1. The molecule has 0 bridgehead atoms. The first kappa shape index (κ1) is 11.5. The van der Waals surface area contributed by atoms with Gasteiger partial charge in [0, 0.05) is 25.6 Å². The summed E-state index contributed by atoms with van der Waals surface area (Å²) < 4.78 is 5.06. The molecule has 2 aromatic rings. The second-order valence-electron chi connectivity index (χ2n) is 3.53. The first-order valence-corrected chi connectivity index (χ1v) is 5.43. The summed E-state index contributed by atoms with van der Waals surface area (Å²) in [6.45, 7) is 1.54. The Morgan fingerprint density at radius 3 is 3.12 bits per heavy atom. The average molecular weight is 233 g/mol. The van der Waals surface area contributed by atoms with Crippen molar-refractivity contribution in [1.82, 2.24) is 25.5 Å². The molecule has 2 heterocycles. The standard InChI is InChI=1S/C11H15N5O/c1-17-11-4-2-3-9(15-11)7-12-6-5-10-13-8-14-16-10/h2-4,8,12H,5-7H2,1H3,(H,13,14,16). The highest BCUT2D eigenvalue weighted by molar-refractivity contribution is 5.15. The monoisotopic (exact) mass is 233 g/mol. The van der Waals surface area contributed by atoms with E-state index in [1.54, 1.807) is 7.11 Å². The Morgan fingerprint density at radius 2 is 2.35 bits per heavy atom. The van der Waals surface area contributed by atoms with E-state index in [2.05, 4.69) is 25.5 Å². The molecule has 0 radical (unpaired) electrons. The molecule has 0 amide bonds. The third-order valence-corrected chi connectivity index (χ3v) is 2.30. The Kier molecular flexibility index (Phi) is 4.04. The van der Waals surface area contributed by atoms with Crippen LogP contribution in [0.4, 0.5) is 0 Å². The molecule has 0 atom stereocenters. The summed E-state index contributed by atoms with van der Waals surface area (Å²) in [7, 11) is 1.61. The molecule has 0 saturated carbocycles. The van der Waals surface area contributed by atoms with Crippen molar-refractivity contribution in [3.05, 3.63) is 36.0 Å². The van der Waals surface area contributed by atoms with Gasteiger partial charge in [-0.05, 0) is 6.07 Å². The van der Waals surface area contributed by atoms with E-state index in [1.165, 1.54) is 6.33 Å². The Morgan fingerprint density at radius 1 is 1.41 bits per heavy atom. The van der Waals surface area contributed by atoms with Gasteiger partial charge in [-0.25, -0.2) is 9.97 Å². The molecular formula is C11H15N5O. The molecule has 17 heavy (non-hydrogen) atoms. The molecule has 2 N–H and O–H groups in total. The molecule has 2 rings (SSSR count). The summed E-state index contributed by atoms with van der Waals surface area (Å²) in [5.41, 5.74) is 0.960. The van der Waals surface area contributed by atoms with E-state index in [1.807, 2.05) is 18.2 Å². The molecule has 0 aliphatic heterocycles. The van der Waals surface area contributed by atoms with Gasteiger partial charge in [0.05, 0.1) is 12.8 Å². The molecule has 2 aromatic heterocycles. The number of nitrogens with zero attached hydrogens (tertiary/aromatic N) is 3. The Hall–Kier alpha value is -1.95. The van der Waals surface area contributed by atoms with Crippen molar-refractivity contribution >= 4 is 0 Å². The van der Waals surface area contributed by atoms with Crippen molar-refractivity contribution in [2.24, 2.45) is 0 Å². The van der Waals surface area contributed by atoms with Crippen LogP contribution in [0.5, 0.6) is 5.88 Å². The topological polar surface area (TPSA) is 75.7 Å². The minimum Gasteiger partial charge on any atom is -0.481 e. The highest BCUT2D eigenvalue weighted by Crippen LogP contribution is 2.05. The van der Waals surface area contributed by atoms with Gasteiger partial charge < -0.3 is 10.1 Å². The smallest absolute Gasteiger partial charge is 0.213 e. The van der Waals surface area contributed by atoms with E-state index in [4.69, 9.17) is 4.74 Å². The maximum Gasteiger partial charge on any atom is 0.213 e. The van der Waals surface area contributed by atoms with E-state index in [0.29, 0.717) is 12.4 Å². The minimum atomic E-state index is 0.638. The number of H-pyrrole nitrogens is 1. The van der Waals surface area contributed by atoms with Crippen LogP contribution in [0.25, 0.3) is 0 Å². The number of nitrogens with one attached hydrogen (secondary N) is 2. The fourth-order valence-electron chi connectivity index (χ4n) is 1.44. The lowest BCUT2D eigenvalue weighted by Crippen LogP contribution is -2.18. The second-order valence-corrected chi connectivity index (χ2v) is 3.53. The molecule has 90 valence electrons. The van der Waals surface area contributed by atoms with Crippen molar-refractivity contribution in [1.29, 1.82) is 0 Å². The van der Waals surface area contributed by atoms with Crippen molar-refractivity contribution in [2.45, 2.75) is 13.0 Å². The number of ether oxygens (including phenoxy) is 1. The minimum absolute atomic E-state index is 0.638. The molecule has 0 spiro atoms. The van der Waals surface area contributed by atoms with Crippen LogP contribution >= 0.6 is 0 Å². The Bertz CT molecular complexity index is 443. The highest BCUT2D eigenvalue weighted by atomic mass is 16.5. The lowest BCUT2D eigenvalue weighted by Gasteiger charge is -2.04. The predicted octanol–water partition coefficient (Wildman–Crippen LogP) is 0.541. The molecule has 0 unspecified atom stereocenters. The number of aromatic nitrogens is 4. The quantitative estimate of drug-likeness (QED) is 0.712. The van der Waals surface area contributed by atoms with Gasteiger partial charge in [0.2, 0.25) is 5.88 Å². The van der Waals surface area contributed by atoms with Crippen LogP contribution < -0.4 is 10.1 Å². The molecule has 0 fully saturated rings. The summed E-state index contributed by atoms with van der Waals surface area (Å²) >= 11 is 0. The van der Waals surface area contributed by atoms with Crippen molar-refractivity contribution in [3.63, 3.8) is 0 Å². The van der Waals surface area contributed by atoms with Crippen molar-refractivity contribution < 1.29 is 4.74 Å². The maximum absolute atomic E-state index is 5.06. The summed E-state index contributed by atoms with van der Waals surface area (Å²) in [4.78, 5) is 8.35. The Balaban J connectivity index is 1.74. The first-order chi connectivity index (χ1) is 8.38. The fourth-order valence-corrected chi connectivity index (χ4v) is 1.44. The molecule has 0 aliphatic carbocycles. The molecular weight excluding hydrogens is 218 g/mol. The van der Waals surface area contributed by atoms with Crippen LogP contribution in [-0.2, 0) is 13.0 Å². The lowest BCUT2D eigenvalue weighted by molar-refractivity contribution is 0.395.